The van der Waals surface area contributed by atoms with Gasteiger partial charge in [-0.05, 0) is 76.9 Å². The molecule has 3 amide bonds. The van der Waals surface area contributed by atoms with Crippen LogP contribution in [0.3, 0.4) is 0 Å². The van der Waals surface area contributed by atoms with Crippen LogP contribution in [0.5, 0.6) is 17.2 Å². The summed E-state index contributed by atoms with van der Waals surface area (Å²) >= 11 is 3.40. The van der Waals surface area contributed by atoms with Crippen molar-refractivity contribution in [1.29, 1.82) is 0 Å². The monoisotopic (exact) mass is 594 g/mol. The third kappa shape index (κ3) is 9.00. The van der Waals surface area contributed by atoms with Crippen molar-refractivity contribution in [2.24, 2.45) is 5.10 Å². The van der Waals surface area contributed by atoms with Gasteiger partial charge in [-0.1, -0.05) is 30.4 Å². The number of benzene rings is 3. The number of anilines is 2. The number of ether oxygens (including phenoxy) is 3. The minimum atomic E-state index is -0.955. The first-order valence-corrected chi connectivity index (χ1v) is 12.4. The number of rotatable bonds is 11. The number of nitrogens with zero attached hydrogens (tertiary/aromatic N) is 1. The zero-order valence-corrected chi connectivity index (χ0v) is 22.9. The van der Waals surface area contributed by atoms with Crippen molar-refractivity contribution in [2.75, 3.05) is 31.0 Å². The van der Waals surface area contributed by atoms with Crippen molar-refractivity contribution in [3.63, 3.8) is 0 Å². The molecule has 10 nitrogen and oxygen atoms in total. The quantitative estimate of drug-likeness (QED) is 0.130. The summed E-state index contributed by atoms with van der Waals surface area (Å²) in [5, 5.41) is 9.06. The van der Waals surface area contributed by atoms with E-state index in [9.17, 15) is 14.4 Å². The molecule has 0 saturated heterocycles. The van der Waals surface area contributed by atoms with E-state index in [0.717, 1.165) is 5.56 Å². The van der Waals surface area contributed by atoms with Crippen LogP contribution in [0.2, 0.25) is 0 Å². The fourth-order valence-corrected chi connectivity index (χ4v) is 3.69. The van der Waals surface area contributed by atoms with Crippen molar-refractivity contribution >= 4 is 51.2 Å². The summed E-state index contributed by atoms with van der Waals surface area (Å²) in [6.45, 7) is 5.65. The Morgan fingerprint density at radius 1 is 0.949 bits per heavy atom. The lowest BCUT2D eigenvalue weighted by atomic mass is 10.2. The smallest absolute Gasteiger partial charge is 0.329 e. The largest absolute Gasteiger partial charge is 0.493 e. The molecule has 0 saturated carbocycles. The molecular weight excluding hydrogens is 568 g/mol. The summed E-state index contributed by atoms with van der Waals surface area (Å²) in [6, 6.07) is 17.2. The van der Waals surface area contributed by atoms with E-state index in [-0.39, 0.29) is 12.5 Å². The first-order valence-electron chi connectivity index (χ1n) is 11.6. The van der Waals surface area contributed by atoms with Crippen LogP contribution in [-0.4, -0.2) is 44.3 Å². The van der Waals surface area contributed by atoms with Gasteiger partial charge < -0.3 is 24.8 Å². The highest BCUT2D eigenvalue weighted by Crippen LogP contribution is 2.36. The number of hydrazone groups is 1. The Morgan fingerprint density at radius 2 is 1.62 bits per heavy atom. The molecule has 0 spiro atoms. The molecule has 202 valence electrons. The van der Waals surface area contributed by atoms with Crippen LogP contribution in [0.15, 0.2) is 82.9 Å². The van der Waals surface area contributed by atoms with Crippen LogP contribution >= 0.6 is 15.9 Å². The lowest BCUT2D eigenvalue weighted by Gasteiger charge is -2.13. The van der Waals surface area contributed by atoms with Crippen LogP contribution in [0.1, 0.15) is 11.1 Å². The van der Waals surface area contributed by atoms with E-state index in [1.54, 1.807) is 54.6 Å². The predicted molar refractivity (Wildman–Crippen MR) is 152 cm³/mol. The van der Waals surface area contributed by atoms with Crippen LogP contribution < -0.4 is 30.3 Å². The Labute approximate surface area is 234 Å². The van der Waals surface area contributed by atoms with Gasteiger partial charge in [0.25, 0.3) is 5.91 Å². The molecule has 0 unspecified atom stereocenters. The molecule has 0 radical (unpaired) electrons. The lowest BCUT2D eigenvalue weighted by molar-refractivity contribution is -0.136. The highest BCUT2D eigenvalue weighted by Gasteiger charge is 2.15. The van der Waals surface area contributed by atoms with Crippen LogP contribution in [0.4, 0.5) is 11.4 Å². The minimum absolute atomic E-state index is 0.244. The molecule has 0 aliphatic rings. The molecular formula is C28H27BrN4O6. The zero-order chi connectivity index (χ0) is 28.2. The van der Waals surface area contributed by atoms with Gasteiger partial charge in [0.05, 0.1) is 17.8 Å². The summed E-state index contributed by atoms with van der Waals surface area (Å²) in [5.74, 6) is -0.930. The standard InChI is InChI=1S/C28H27BrN4O6/c1-4-13-38-22-11-9-21(10-12-22)32-27(35)28(36)33-30-16-19-14-23(29)26(24(15-19)37-3)39-17-25(34)31-20-7-5-18(2)6-8-20/h4-12,14-16H,1,13,17H2,2-3H3,(H,31,34)(H,32,35)(H,33,36)/b30-16-. The number of carbonyl (C=O) groups is 3. The number of halogens is 1. The van der Waals surface area contributed by atoms with Gasteiger partial charge in [0.2, 0.25) is 0 Å². The van der Waals surface area contributed by atoms with E-state index in [4.69, 9.17) is 14.2 Å². The van der Waals surface area contributed by atoms with E-state index < -0.39 is 11.8 Å². The van der Waals surface area contributed by atoms with Gasteiger partial charge in [-0.25, -0.2) is 5.43 Å². The number of aryl methyl sites for hydroxylation is 1. The Kier molecular flexibility index (Phi) is 10.6. The second-order valence-electron chi connectivity index (χ2n) is 8.01. The van der Waals surface area contributed by atoms with Crippen molar-refractivity contribution in [3.05, 3.63) is 88.9 Å². The third-order valence-electron chi connectivity index (χ3n) is 5.00. The summed E-state index contributed by atoms with van der Waals surface area (Å²) in [5.41, 5.74) is 4.87. The van der Waals surface area contributed by atoms with Crippen molar-refractivity contribution in [3.8, 4) is 17.2 Å². The molecule has 0 aliphatic carbocycles. The number of nitrogens with one attached hydrogen (secondary N) is 3. The summed E-state index contributed by atoms with van der Waals surface area (Å²) in [4.78, 5) is 36.6. The highest BCUT2D eigenvalue weighted by atomic mass is 79.9. The summed E-state index contributed by atoms with van der Waals surface area (Å²) in [7, 11) is 1.45. The van der Waals surface area contributed by atoms with E-state index >= 15 is 0 Å². The highest BCUT2D eigenvalue weighted by molar-refractivity contribution is 9.10. The Bertz CT molecular complexity index is 1360. The van der Waals surface area contributed by atoms with Gasteiger partial charge in [-0.2, -0.15) is 5.10 Å². The molecule has 3 aromatic carbocycles. The van der Waals surface area contributed by atoms with Crippen molar-refractivity contribution < 1.29 is 28.6 Å². The van der Waals surface area contributed by atoms with E-state index in [0.29, 0.717) is 45.3 Å². The normalized spacial score (nSPS) is 10.4. The van der Waals surface area contributed by atoms with Gasteiger partial charge in [-0.15, -0.1) is 0 Å². The molecule has 3 aromatic rings. The molecule has 3 N–H and O–H groups in total. The molecule has 0 aliphatic heterocycles. The maximum absolute atomic E-state index is 12.3. The van der Waals surface area contributed by atoms with E-state index in [1.807, 2.05) is 19.1 Å². The first kappa shape index (κ1) is 28.9. The van der Waals surface area contributed by atoms with E-state index in [2.05, 4.69) is 43.7 Å². The number of hydrogen-bond donors (Lipinski definition) is 3. The Morgan fingerprint density at radius 3 is 2.28 bits per heavy atom. The molecule has 0 fully saturated rings. The topological polar surface area (TPSA) is 127 Å². The van der Waals surface area contributed by atoms with Gasteiger partial charge in [-0.3, -0.25) is 14.4 Å². The molecule has 0 aromatic heterocycles. The van der Waals surface area contributed by atoms with Crippen molar-refractivity contribution in [2.45, 2.75) is 6.92 Å². The molecule has 3 rings (SSSR count). The van der Waals surface area contributed by atoms with Crippen molar-refractivity contribution in [1.82, 2.24) is 5.43 Å². The predicted octanol–water partition coefficient (Wildman–Crippen LogP) is 4.44. The van der Waals surface area contributed by atoms with Gasteiger partial charge >= 0.3 is 11.8 Å². The molecule has 0 atom stereocenters. The third-order valence-corrected chi connectivity index (χ3v) is 5.59. The Balaban J connectivity index is 1.54. The lowest BCUT2D eigenvalue weighted by Crippen LogP contribution is -2.32. The number of methoxy groups -OCH3 is 1. The minimum Gasteiger partial charge on any atom is -0.493 e. The average Bonchev–Trinajstić information content (AvgIpc) is 2.93. The fourth-order valence-electron chi connectivity index (χ4n) is 3.12. The second-order valence-corrected chi connectivity index (χ2v) is 8.87. The number of amides is 3. The Hall–Kier alpha value is -4.64. The van der Waals surface area contributed by atoms with Crippen LogP contribution in [-0.2, 0) is 14.4 Å². The van der Waals surface area contributed by atoms with Crippen LogP contribution in [0, 0.1) is 6.92 Å². The summed E-state index contributed by atoms with van der Waals surface area (Å²) < 4.78 is 16.9. The summed E-state index contributed by atoms with van der Waals surface area (Å²) in [6.07, 6.45) is 2.95. The molecule has 0 heterocycles. The molecule has 11 heteroatoms. The second kappa shape index (κ2) is 14.3. The molecule has 39 heavy (non-hydrogen) atoms. The average molecular weight is 595 g/mol. The fraction of sp³-hybridized carbons (Fsp3) is 0.143. The maximum atomic E-state index is 12.3. The SMILES string of the molecule is C=CCOc1ccc(NC(=O)C(=O)N/N=C\c2cc(Br)c(OCC(=O)Nc3ccc(C)cc3)c(OC)c2)cc1. The number of hydrogen-bond acceptors (Lipinski definition) is 7. The first-order chi connectivity index (χ1) is 18.8. The number of carbonyl (C=O) groups excluding carboxylic acids is 3. The van der Waals surface area contributed by atoms with Gasteiger partial charge in [0.15, 0.2) is 18.1 Å². The van der Waals surface area contributed by atoms with Gasteiger partial charge in [0.1, 0.15) is 12.4 Å². The van der Waals surface area contributed by atoms with Crippen LogP contribution in [0.25, 0.3) is 0 Å². The zero-order valence-electron chi connectivity index (χ0n) is 21.3. The maximum Gasteiger partial charge on any atom is 0.329 e. The van der Waals surface area contributed by atoms with E-state index in [1.165, 1.54) is 13.3 Å². The molecule has 0 bridgehead atoms. The van der Waals surface area contributed by atoms with Gasteiger partial charge in [0, 0.05) is 11.4 Å².